The number of nitrogens with one attached hydrogen (secondary N) is 2. The summed E-state index contributed by atoms with van der Waals surface area (Å²) in [5, 5.41) is 16.7. The summed E-state index contributed by atoms with van der Waals surface area (Å²) in [5.41, 5.74) is -0.247. The summed E-state index contributed by atoms with van der Waals surface area (Å²) in [5.74, 6) is -0.00703. The third-order valence-corrected chi connectivity index (χ3v) is 3.54. The van der Waals surface area contributed by atoms with E-state index < -0.39 is 10.8 Å². The van der Waals surface area contributed by atoms with Crippen molar-refractivity contribution in [1.82, 2.24) is 15.2 Å². The molecule has 8 nitrogen and oxygen atoms in total. The quantitative estimate of drug-likeness (QED) is 0.630. The highest BCUT2D eigenvalue weighted by molar-refractivity contribution is 5.98. The predicted molar refractivity (Wildman–Crippen MR) is 78.4 cm³/mol. The van der Waals surface area contributed by atoms with Crippen molar-refractivity contribution in [2.24, 2.45) is 0 Å². The van der Waals surface area contributed by atoms with E-state index in [9.17, 15) is 14.9 Å². The van der Waals surface area contributed by atoms with Crippen LogP contribution in [0, 0.1) is 10.1 Å². The van der Waals surface area contributed by atoms with Crippen LogP contribution in [0.4, 0.5) is 11.5 Å². The van der Waals surface area contributed by atoms with E-state index in [2.05, 4.69) is 20.5 Å². The van der Waals surface area contributed by atoms with Gasteiger partial charge in [0.15, 0.2) is 0 Å². The summed E-state index contributed by atoms with van der Waals surface area (Å²) < 4.78 is 0. The Kier molecular flexibility index (Phi) is 4.69. The van der Waals surface area contributed by atoms with Crippen LogP contribution in [-0.4, -0.2) is 53.9 Å². The SMILES string of the molecule is CNc1cc(C(=O)NC2CCCN(C)C2)c([N+](=O)[O-])cn1. The molecule has 21 heavy (non-hydrogen) atoms. The lowest BCUT2D eigenvalue weighted by molar-refractivity contribution is -0.385. The molecular weight excluding hydrogens is 274 g/mol. The van der Waals surface area contributed by atoms with Crippen LogP contribution in [0.15, 0.2) is 12.3 Å². The number of piperidine rings is 1. The molecule has 0 spiro atoms. The number of carbonyl (C=O) groups is 1. The number of hydrogen-bond acceptors (Lipinski definition) is 6. The van der Waals surface area contributed by atoms with Crippen molar-refractivity contribution in [3.63, 3.8) is 0 Å². The molecular formula is C13H19N5O3. The van der Waals surface area contributed by atoms with Crippen molar-refractivity contribution in [1.29, 1.82) is 0 Å². The minimum atomic E-state index is -0.589. The van der Waals surface area contributed by atoms with Crippen molar-refractivity contribution >= 4 is 17.4 Å². The Morgan fingerprint density at radius 1 is 1.57 bits per heavy atom. The van der Waals surface area contributed by atoms with Gasteiger partial charge >= 0.3 is 0 Å². The van der Waals surface area contributed by atoms with Gasteiger partial charge in [0, 0.05) is 25.7 Å². The average Bonchev–Trinajstić information content (AvgIpc) is 2.46. The highest BCUT2D eigenvalue weighted by Crippen LogP contribution is 2.20. The maximum atomic E-state index is 12.3. The molecule has 0 aliphatic carbocycles. The molecule has 0 bridgehead atoms. The van der Waals surface area contributed by atoms with E-state index in [4.69, 9.17) is 0 Å². The van der Waals surface area contributed by atoms with Gasteiger partial charge in [0.05, 0.1) is 4.92 Å². The first-order valence-electron chi connectivity index (χ1n) is 6.83. The third-order valence-electron chi connectivity index (χ3n) is 3.54. The zero-order chi connectivity index (χ0) is 15.4. The Bertz CT molecular complexity index is 549. The fraction of sp³-hybridized carbons (Fsp3) is 0.538. The molecule has 114 valence electrons. The summed E-state index contributed by atoms with van der Waals surface area (Å²) in [6, 6.07) is 1.42. The standard InChI is InChI=1S/C13H19N5O3/c1-14-12-6-10(11(7-15-12)18(20)21)13(19)16-9-4-3-5-17(2)8-9/h6-7,9H,3-5,8H2,1-2H3,(H,14,15)(H,16,19). The van der Waals surface area contributed by atoms with E-state index in [1.165, 1.54) is 6.07 Å². The summed E-state index contributed by atoms with van der Waals surface area (Å²) in [4.78, 5) is 28.8. The third kappa shape index (κ3) is 3.66. The van der Waals surface area contributed by atoms with Crippen LogP contribution < -0.4 is 10.6 Å². The zero-order valence-electron chi connectivity index (χ0n) is 12.1. The summed E-state index contributed by atoms with van der Waals surface area (Å²) >= 11 is 0. The second kappa shape index (κ2) is 6.49. The molecule has 1 amide bonds. The minimum absolute atomic E-state index is 0.0158. The van der Waals surface area contributed by atoms with E-state index in [-0.39, 0.29) is 17.3 Å². The predicted octanol–water partition coefficient (Wildman–Crippen LogP) is 0.855. The number of likely N-dealkylation sites (tertiary alicyclic amines) is 1. The van der Waals surface area contributed by atoms with Gasteiger partial charge < -0.3 is 15.5 Å². The fourth-order valence-corrected chi connectivity index (χ4v) is 2.46. The number of rotatable bonds is 4. The topological polar surface area (TPSA) is 100 Å². The Balaban J connectivity index is 2.19. The smallest absolute Gasteiger partial charge is 0.300 e. The first-order valence-corrected chi connectivity index (χ1v) is 6.83. The number of nitrogens with zero attached hydrogens (tertiary/aromatic N) is 3. The second-order valence-electron chi connectivity index (χ2n) is 5.17. The van der Waals surface area contributed by atoms with Crippen LogP contribution in [0.1, 0.15) is 23.2 Å². The molecule has 8 heteroatoms. The summed E-state index contributed by atoms with van der Waals surface area (Å²) in [7, 11) is 3.64. The molecule has 1 aromatic heterocycles. The van der Waals surface area contributed by atoms with E-state index in [1.807, 2.05) is 7.05 Å². The first-order chi connectivity index (χ1) is 10.0. The average molecular weight is 293 g/mol. The summed E-state index contributed by atoms with van der Waals surface area (Å²) in [6.45, 7) is 1.76. The maximum Gasteiger partial charge on any atom is 0.300 e. The molecule has 0 radical (unpaired) electrons. The molecule has 1 fully saturated rings. The zero-order valence-corrected chi connectivity index (χ0v) is 12.1. The van der Waals surface area contributed by atoms with Gasteiger partial charge in [-0.1, -0.05) is 0 Å². The molecule has 2 rings (SSSR count). The van der Waals surface area contributed by atoms with Crippen molar-refractivity contribution in [3.8, 4) is 0 Å². The number of amides is 1. The van der Waals surface area contributed by atoms with Crippen molar-refractivity contribution < 1.29 is 9.72 Å². The largest absolute Gasteiger partial charge is 0.373 e. The Labute approximate surface area is 122 Å². The van der Waals surface area contributed by atoms with Crippen LogP contribution in [0.2, 0.25) is 0 Å². The molecule has 0 saturated carbocycles. The van der Waals surface area contributed by atoms with Gasteiger partial charge in [0.1, 0.15) is 17.6 Å². The number of likely N-dealkylation sites (N-methyl/N-ethyl adjacent to an activating group) is 1. The van der Waals surface area contributed by atoms with Gasteiger partial charge in [-0.15, -0.1) is 0 Å². The van der Waals surface area contributed by atoms with E-state index >= 15 is 0 Å². The lowest BCUT2D eigenvalue weighted by Gasteiger charge is -2.30. The monoisotopic (exact) mass is 293 g/mol. The molecule has 1 unspecified atom stereocenters. The molecule has 1 aromatic rings. The van der Waals surface area contributed by atoms with Crippen LogP contribution in [0.3, 0.4) is 0 Å². The number of nitro groups is 1. The van der Waals surface area contributed by atoms with Gasteiger partial charge in [-0.25, -0.2) is 4.98 Å². The number of aromatic nitrogens is 1. The normalized spacial score (nSPS) is 19.0. The van der Waals surface area contributed by atoms with E-state index in [0.29, 0.717) is 5.82 Å². The molecule has 1 aliphatic heterocycles. The molecule has 2 N–H and O–H groups in total. The van der Waals surface area contributed by atoms with Crippen molar-refractivity contribution in [2.75, 3.05) is 32.5 Å². The highest BCUT2D eigenvalue weighted by atomic mass is 16.6. The Hall–Kier alpha value is -2.22. The lowest BCUT2D eigenvalue weighted by atomic mass is 10.1. The van der Waals surface area contributed by atoms with Gasteiger partial charge in [-0.2, -0.15) is 0 Å². The first kappa shape index (κ1) is 15.2. The fourth-order valence-electron chi connectivity index (χ4n) is 2.46. The van der Waals surface area contributed by atoms with Crippen molar-refractivity contribution in [2.45, 2.75) is 18.9 Å². The van der Waals surface area contributed by atoms with Gasteiger partial charge in [-0.05, 0) is 26.4 Å². The molecule has 1 saturated heterocycles. The number of anilines is 1. The Morgan fingerprint density at radius 2 is 2.33 bits per heavy atom. The van der Waals surface area contributed by atoms with E-state index in [1.54, 1.807) is 7.05 Å². The number of hydrogen-bond donors (Lipinski definition) is 2. The van der Waals surface area contributed by atoms with Gasteiger partial charge in [-0.3, -0.25) is 14.9 Å². The molecule has 1 aliphatic rings. The van der Waals surface area contributed by atoms with E-state index in [0.717, 1.165) is 32.1 Å². The maximum absolute atomic E-state index is 12.3. The van der Waals surface area contributed by atoms with Crippen LogP contribution in [0.5, 0.6) is 0 Å². The highest BCUT2D eigenvalue weighted by Gasteiger charge is 2.25. The Morgan fingerprint density at radius 3 is 2.95 bits per heavy atom. The number of pyridine rings is 1. The van der Waals surface area contributed by atoms with Crippen LogP contribution in [0.25, 0.3) is 0 Å². The lowest BCUT2D eigenvalue weighted by Crippen LogP contribution is -2.46. The van der Waals surface area contributed by atoms with Gasteiger partial charge in [0.25, 0.3) is 11.6 Å². The van der Waals surface area contributed by atoms with Crippen molar-refractivity contribution in [3.05, 3.63) is 27.9 Å². The summed E-state index contributed by atoms with van der Waals surface area (Å²) in [6.07, 6.45) is 2.99. The van der Waals surface area contributed by atoms with Gasteiger partial charge in [0.2, 0.25) is 0 Å². The van der Waals surface area contributed by atoms with Crippen LogP contribution in [-0.2, 0) is 0 Å². The minimum Gasteiger partial charge on any atom is -0.373 e. The number of carbonyl (C=O) groups excluding carboxylic acids is 1. The molecule has 0 aromatic carbocycles. The molecule has 2 heterocycles. The van der Waals surface area contributed by atoms with Crippen LogP contribution >= 0.6 is 0 Å². The molecule has 1 atom stereocenters. The second-order valence-corrected chi connectivity index (χ2v) is 5.17.